The Hall–Kier alpha value is -1.90. The minimum absolute atomic E-state index is 0.0183. The molecule has 1 unspecified atom stereocenters. The number of sulfonamides is 1. The SMILES string of the molecule is CC1c2ccsc2CCN1C(=O)Nc1ccc(S(N)(=O)=O)cc1. The highest BCUT2D eigenvalue weighted by Crippen LogP contribution is 2.33. The number of carbonyl (C=O) groups is 1. The van der Waals surface area contributed by atoms with Crippen molar-refractivity contribution in [2.45, 2.75) is 24.3 Å². The molecule has 1 aromatic heterocycles. The van der Waals surface area contributed by atoms with Gasteiger partial charge in [0.05, 0.1) is 10.9 Å². The van der Waals surface area contributed by atoms with Crippen molar-refractivity contribution in [3.05, 3.63) is 46.2 Å². The second-order valence-electron chi connectivity index (χ2n) is 5.42. The number of hydrogen-bond acceptors (Lipinski definition) is 4. The van der Waals surface area contributed by atoms with Gasteiger partial charge in [0.25, 0.3) is 0 Å². The van der Waals surface area contributed by atoms with Gasteiger partial charge in [-0.25, -0.2) is 18.4 Å². The summed E-state index contributed by atoms with van der Waals surface area (Å²) in [7, 11) is -3.73. The molecule has 0 bridgehead atoms. The number of benzene rings is 1. The molecule has 2 heterocycles. The zero-order valence-corrected chi connectivity index (χ0v) is 14.2. The number of nitrogens with zero attached hydrogens (tertiary/aromatic N) is 1. The Morgan fingerprint density at radius 2 is 2.00 bits per heavy atom. The number of hydrogen-bond donors (Lipinski definition) is 2. The molecule has 0 spiro atoms. The predicted octanol–water partition coefficient (Wildman–Crippen LogP) is 2.55. The first-order chi connectivity index (χ1) is 10.9. The van der Waals surface area contributed by atoms with Crippen LogP contribution in [0.5, 0.6) is 0 Å². The standard InChI is InChI=1S/C15H17N3O3S2/c1-10-13-7-9-22-14(13)6-8-18(10)15(19)17-11-2-4-12(5-3-11)23(16,20)21/h2-5,7,9-10H,6,8H2,1H3,(H,17,19)(H2,16,20,21). The van der Waals surface area contributed by atoms with Crippen LogP contribution in [0.2, 0.25) is 0 Å². The molecular formula is C15H17N3O3S2. The van der Waals surface area contributed by atoms with Gasteiger partial charge in [0, 0.05) is 17.1 Å². The predicted molar refractivity (Wildman–Crippen MR) is 90.0 cm³/mol. The van der Waals surface area contributed by atoms with Gasteiger partial charge in [-0.15, -0.1) is 11.3 Å². The summed E-state index contributed by atoms with van der Waals surface area (Å²) in [6.45, 7) is 2.67. The average molecular weight is 351 g/mol. The van der Waals surface area contributed by atoms with E-state index in [1.807, 2.05) is 6.92 Å². The van der Waals surface area contributed by atoms with Crippen molar-refractivity contribution in [2.24, 2.45) is 5.14 Å². The lowest BCUT2D eigenvalue weighted by atomic mass is 10.0. The molecular weight excluding hydrogens is 334 g/mol. The Morgan fingerprint density at radius 1 is 1.30 bits per heavy atom. The van der Waals surface area contributed by atoms with E-state index in [0.717, 1.165) is 6.42 Å². The normalized spacial score (nSPS) is 17.7. The summed E-state index contributed by atoms with van der Waals surface area (Å²) in [6, 6.07) is 7.70. The molecule has 3 N–H and O–H groups in total. The fraction of sp³-hybridized carbons (Fsp3) is 0.267. The van der Waals surface area contributed by atoms with Gasteiger partial charge in [-0.2, -0.15) is 0 Å². The van der Waals surface area contributed by atoms with E-state index in [9.17, 15) is 13.2 Å². The van der Waals surface area contributed by atoms with Gasteiger partial charge in [-0.1, -0.05) is 0 Å². The third-order valence-electron chi connectivity index (χ3n) is 3.97. The average Bonchev–Trinajstić information content (AvgIpc) is 2.96. The van der Waals surface area contributed by atoms with E-state index < -0.39 is 10.0 Å². The van der Waals surface area contributed by atoms with Gasteiger partial charge in [-0.05, 0) is 54.6 Å². The van der Waals surface area contributed by atoms with E-state index in [-0.39, 0.29) is 17.0 Å². The smallest absolute Gasteiger partial charge is 0.317 e. The van der Waals surface area contributed by atoms with E-state index in [1.54, 1.807) is 16.2 Å². The summed E-state index contributed by atoms with van der Waals surface area (Å²) in [5.41, 5.74) is 1.73. The summed E-state index contributed by atoms with van der Waals surface area (Å²) >= 11 is 1.72. The molecule has 3 rings (SSSR count). The van der Waals surface area contributed by atoms with Crippen LogP contribution in [0.1, 0.15) is 23.4 Å². The number of primary sulfonamides is 1. The number of anilines is 1. The Morgan fingerprint density at radius 3 is 2.65 bits per heavy atom. The molecule has 0 radical (unpaired) electrons. The van der Waals surface area contributed by atoms with E-state index in [4.69, 9.17) is 5.14 Å². The number of carbonyl (C=O) groups excluding carboxylic acids is 1. The molecule has 6 nitrogen and oxygen atoms in total. The number of nitrogens with one attached hydrogen (secondary N) is 1. The summed E-state index contributed by atoms with van der Waals surface area (Å²) in [5.74, 6) is 0. The Kier molecular flexibility index (Phi) is 4.13. The van der Waals surface area contributed by atoms with Crippen LogP contribution in [0.15, 0.2) is 40.6 Å². The second kappa shape index (κ2) is 5.95. The monoisotopic (exact) mass is 351 g/mol. The summed E-state index contributed by atoms with van der Waals surface area (Å²) in [6.07, 6.45) is 0.856. The number of fused-ring (bicyclic) bond motifs is 1. The molecule has 0 aliphatic carbocycles. The molecule has 2 amide bonds. The van der Waals surface area contributed by atoms with Crippen LogP contribution >= 0.6 is 11.3 Å². The van der Waals surface area contributed by atoms with Crippen LogP contribution in [0, 0.1) is 0 Å². The molecule has 1 aliphatic heterocycles. The van der Waals surface area contributed by atoms with E-state index >= 15 is 0 Å². The summed E-state index contributed by atoms with van der Waals surface area (Å²) in [4.78, 5) is 15.6. The summed E-state index contributed by atoms with van der Waals surface area (Å²) < 4.78 is 22.5. The van der Waals surface area contributed by atoms with Crippen LogP contribution in [0.3, 0.4) is 0 Å². The van der Waals surface area contributed by atoms with Crippen LogP contribution in [-0.4, -0.2) is 25.9 Å². The van der Waals surface area contributed by atoms with Crippen molar-refractivity contribution in [3.63, 3.8) is 0 Å². The van der Waals surface area contributed by atoms with Crippen LogP contribution in [0.25, 0.3) is 0 Å². The van der Waals surface area contributed by atoms with Gasteiger partial charge in [0.1, 0.15) is 0 Å². The third-order valence-corrected chi connectivity index (χ3v) is 5.90. The van der Waals surface area contributed by atoms with Gasteiger partial charge < -0.3 is 10.2 Å². The van der Waals surface area contributed by atoms with E-state index in [0.29, 0.717) is 12.2 Å². The minimum atomic E-state index is -3.73. The molecule has 1 aliphatic rings. The number of rotatable bonds is 2. The number of amides is 2. The lowest BCUT2D eigenvalue weighted by Crippen LogP contribution is -2.40. The maximum Gasteiger partial charge on any atom is 0.322 e. The van der Waals surface area contributed by atoms with Gasteiger partial charge in [0.2, 0.25) is 10.0 Å². The van der Waals surface area contributed by atoms with Crippen LogP contribution < -0.4 is 10.5 Å². The minimum Gasteiger partial charge on any atom is -0.317 e. The van der Waals surface area contributed by atoms with Crippen molar-refractivity contribution in [1.82, 2.24) is 4.90 Å². The molecule has 1 aromatic carbocycles. The molecule has 23 heavy (non-hydrogen) atoms. The Balaban J connectivity index is 1.73. The summed E-state index contributed by atoms with van der Waals surface area (Å²) in [5, 5.41) is 9.90. The Bertz CT molecular complexity index is 828. The van der Waals surface area contributed by atoms with Crippen molar-refractivity contribution in [1.29, 1.82) is 0 Å². The molecule has 0 saturated heterocycles. The maximum absolute atomic E-state index is 12.5. The number of urea groups is 1. The first-order valence-electron chi connectivity index (χ1n) is 7.13. The van der Waals surface area contributed by atoms with E-state index in [2.05, 4.69) is 16.8 Å². The first-order valence-corrected chi connectivity index (χ1v) is 9.55. The maximum atomic E-state index is 12.5. The highest BCUT2D eigenvalue weighted by atomic mass is 32.2. The van der Waals surface area contributed by atoms with Gasteiger partial charge in [-0.3, -0.25) is 0 Å². The first kappa shape index (κ1) is 16.0. The molecule has 122 valence electrons. The largest absolute Gasteiger partial charge is 0.322 e. The molecule has 8 heteroatoms. The number of thiophene rings is 1. The highest BCUT2D eigenvalue weighted by Gasteiger charge is 2.28. The fourth-order valence-electron chi connectivity index (χ4n) is 2.71. The topological polar surface area (TPSA) is 92.5 Å². The molecule has 1 atom stereocenters. The van der Waals surface area contributed by atoms with E-state index in [1.165, 1.54) is 34.7 Å². The third kappa shape index (κ3) is 3.24. The molecule has 0 fully saturated rings. The lowest BCUT2D eigenvalue weighted by molar-refractivity contribution is 0.189. The zero-order valence-electron chi connectivity index (χ0n) is 12.5. The second-order valence-corrected chi connectivity index (χ2v) is 7.98. The Labute approximate surface area is 139 Å². The number of nitrogens with two attached hydrogens (primary N) is 1. The van der Waals surface area contributed by atoms with Crippen molar-refractivity contribution >= 4 is 33.1 Å². The molecule has 2 aromatic rings. The highest BCUT2D eigenvalue weighted by molar-refractivity contribution is 7.89. The zero-order chi connectivity index (χ0) is 16.6. The van der Waals surface area contributed by atoms with Crippen LogP contribution in [-0.2, 0) is 16.4 Å². The van der Waals surface area contributed by atoms with Crippen LogP contribution in [0.4, 0.5) is 10.5 Å². The lowest BCUT2D eigenvalue weighted by Gasteiger charge is -2.33. The van der Waals surface area contributed by atoms with Crippen molar-refractivity contribution < 1.29 is 13.2 Å². The van der Waals surface area contributed by atoms with Gasteiger partial charge in [0.15, 0.2) is 0 Å². The van der Waals surface area contributed by atoms with Crippen molar-refractivity contribution in [2.75, 3.05) is 11.9 Å². The van der Waals surface area contributed by atoms with Gasteiger partial charge >= 0.3 is 6.03 Å². The van der Waals surface area contributed by atoms with Crippen molar-refractivity contribution in [3.8, 4) is 0 Å². The molecule has 0 saturated carbocycles. The quantitative estimate of drug-likeness (QED) is 0.871. The fourth-order valence-corrected chi connectivity index (χ4v) is 4.19.